The molecule has 0 amide bonds. The number of carbonyl (C=O) groups excluding carboxylic acids is 1. The second kappa shape index (κ2) is 7.58. The van der Waals surface area contributed by atoms with Crippen LogP contribution in [0.25, 0.3) is 0 Å². The predicted octanol–water partition coefficient (Wildman–Crippen LogP) is 1.55. The summed E-state index contributed by atoms with van der Waals surface area (Å²) >= 11 is 0. The van der Waals surface area contributed by atoms with Crippen LogP contribution >= 0.6 is 0 Å². The standard InChI is InChI=1S/C18H21N3O4/c1-12(22)15-16(25-10-13-6-4-3-5-7-13)18(23)20-17(19-15)14-11-24-9-8-21(14)2/h3-7,14H,8-11H2,1-2H3,(H,19,20,23). The Morgan fingerprint density at radius 2 is 2.16 bits per heavy atom. The third-order valence-electron chi connectivity index (χ3n) is 4.17. The van der Waals surface area contributed by atoms with Crippen molar-refractivity contribution in [3.63, 3.8) is 0 Å². The normalized spacial score (nSPS) is 18.1. The van der Waals surface area contributed by atoms with Gasteiger partial charge in [-0.05, 0) is 12.6 Å². The minimum atomic E-state index is -0.454. The smallest absolute Gasteiger partial charge is 0.294 e. The lowest BCUT2D eigenvalue weighted by Crippen LogP contribution is -2.38. The third kappa shape index (κ3) is 3.94. The number of Topliss-reactive ketones (excluding diaryl/α,β-unsaturated/α-hetero) is 1. The fraction of sp³-hybridized carbons (Fsp3) is 0.389. The lowest BCUT2D eigenvalue weighted by Gasteiger charge is -2.31. The summed E-state index contributed by atoms with van der Waals surface area (Å²) in [6.45, 7) is 3.35. The van der Waals surface area contributed by atoms with Crippen molar-refractivity contribution < 1.29 is 14.3 Å². The Kier molecular flexibility index (Phi) is 5.25. The number of rotatable bonds is 5. The van der Waals surface area contributed by atoms with Gasteiger partial charge in [0.15, 0.2) is 11.5 Å². The first-order valence-electron chi connectivity index (χ1n) is 8.16. The molecule has 132 valence electrons. The maximum atomic E-state index is 12.5. The van der Waals surface area contributed by atoms with Crippen LogP contribution in [-0.2, 0) is 11.3 Å². The van der Waals surface area contributed by atoms with Crippen LogP contribution < -0.4 is 10.3 Å². The number of likely N-dealkylation sites (N-methyl/N-ethyl adjacent to an activating group) is 1. The Hall–Kier alpha value is -2.51. The van der Waals surface area contributed by atoms with Crippen LogP contribution in [-0.4, -0.2) is 47.5 Å². The predicted molar refractivity (Wildman–Crippen MR) is 91.8 cm³/mol. The maximum Gasteiger partial charge on any atom is 0.294 e. The molecule has 1 fully saturated rings. The summed E-state index contributed by atoms with van der Waals surface area (Å²) < 4.78 is 11.1. The number of carbonyl (C=O) groups is 1. The molecule has 0 bridgehead atoms. The molecule has 0 saturated carbocycles. The lowest BCUT2D eigenvalue weighted by atomic mass is 10.2. The van der Waals surface area contributed by atoms with Crippen molar-refractivity contribution in [1.29, 1.82) is 0 Å². The van der Waals surface area contributed by atoms with Crippen molar-refractivity contribution in [2.45, 2.75) is 19.6 Å². The van der Waals surface area contributed by atoms with E-state index in [-0.39, 0.29) is 29.9 Å². The van der Waals surface area contributed by atoms with Crippen molar-refractivity contribution in [3.8, 4) is 5.75 Å². The highest BCUT2D eigenvalue weighted by molar-refractivity contribution is 5.94. The maximum absolute atomic E-state index is 12.5. The number of benzene rings is 1. The van der Waals surface area contributed by atoms with E-state index in [1.54, 1.807) is 0 Å². The zero-order chi connectivity index (χ0) is 17.8. The van der Waals surface area contributed by atoms with Gasteiger partial charge in [-0.2, -0.15) is 0 Å². The fourth-order valence-corrected chi connectivity index (χ4v) is 2.71. The Labute approximate surface area is 145 Å². The van der Waals surface area contributed by atoms with Gasteiger partial charge in [-0.15, -0.1) is 0 Å². The molecule has 1 N–H and O–H groups in total. The Morgan fingerprint density at radius 3 is 2.84 bits per heavy atom. The number of nitrogens with one attached hydrogen (secondary N) is 1. The zero-order valence-electron chi connectivity index (χ0n) is 14.3. The number of morpholine rings is 1. The molecule has 7 nitrogen and oxygen atoms in total. The molecule has 1 atom stereocenters. The molecular weight excluding hydrogens is 322 g/mol. The van der Waals surface area contributed by atoms with Crippen LogP contribution in [0.5, 0.6) is 5.75 Å². The van der Waals surface area contributed by atoms with Crippen molar-refractivity contribution in [2.24, 2.45) is 0 Å². The van der Waals surface area contributed by atoms with E-state index in [2.05, 4.69) is 9.97 Å². The summed E-state index contributed by atoms with van der Waals surface area (Å²) in [5, 5.41) is 0. The quantitative estimate of drug-likeness (QED) is 0.829. The average Bonchev–Trinajstić information content (AvgIpc) is 2.61. The van der Waals surface area contributed by atoms with Crippen LogP contribution in [0.4, 0.5) is 0 Å². The average molecular weight is 343 g/mol. The second-order valence-corrected chi connectivity index (χ2v) is 6.03. The summed E-state index contributed by atoms with van der Waals surface area (Å²) in [6, 6.07) is 9.25. The molecule has 25 heavy (non-hydrogen) atoms. The molecule has 0 spiro atoms. The molecule has 1 saturated heterocycles. The van der Waals surface area contributed by atoms with E-state index >= 15 is 0 Å². The molecule has 3 rings (SSSR count). The minimum Gasteiger partial charge on any atom is -0.481 e. The first-order chi connectivity index (χ1) is 12.1. The van der Waals surface area contributed by atoms with Gasteiger partial charge < -0.3 is 14.5 Å². The molecule has 2 aromatic rings. The zero-order valence-corrected chi connectivity index (χ0v) is 14.3. The molecule has 1 aliphatic rings. The largest absolute Gasteiger partial charge is 0.481 e. The highest BCUT2D eigenvalue weighted by atomic mass is 16.5. The summed E-state index contributed by atoms with van der Waals surface area (Å²) in [5.74, 6) is 0.0683. The Morgan fingerprint density at radius 1 is 1.40 bits per heavy atom. The van der Waals surface area contributed by atoms with Gasteiger partial charge in [0.05, 0.1) is 19.3 Å². The van der Waals surface area contributed by atoms with Gasteiger partial charge in [-0.25, -0.2) is 4.98 Å². The van der Waals surface area contributed by atoms with E-state index in [0.29, 0.717) is 19.0 Å². The van der Waals surface area contributed by atoms with E-state index in [4.69, 9.17) is 9.47 Å². The van der Waals surface area contributed by atoms with E-state index in [0.717, 1.165) is 12.1 Å². The van der Waals surface area contributed by atoms with Crippen molar-refractivity contribution >= 4 is 5.78 Å². The van der Waals surface area contributed by atoms with Crippen molar-refractivity contribution in [2.75, 3.05) is 26.8 Å². The topological polar surface area (TPSA) is 84.5 Å². The van der Waals surface area contributed by atoms with E-state index in [1.807, 2.05) is 42.3 Å². The number of hydrogen-bond donors (Lipinski definition) is 1. The molecule has 1 aromatic heterocycles. The minimum absolute atomic E-state index is 0.0421. The number of ketones is 1. The molecule has 1 aromatic carbocycles. The highest BCUT2D eigenvalue weighted by Crippen LogP contribution is 2.21. The van der Waals surface area contributed by atoms with Gasteiger partial charge >= 0.3 is 0 Å². The Bertz CT molecular complexity index is 804. The van der Waals surface area contributed by atoms with Crippen molar-refractivity contribution in [1.82, 2.24) is 14.9 Å². The fourth-order valence-electron chi connectivity index (χ4n) is 2.71. The van der Waals surface area contributed by atoms with Crippen LogP contribution in [0, 0.1) is 0 Å². The summed E-state index contributed by atoms with van der Waals surface area (Å²) in [4.78, 5) is 33.7. The molecular formula is C18H21N3O4. The number of H-pyrrole nitrogens is 1. The number of hydrogen-bond acceptors (Lipinski definition) is 6. The van der Waals surface area contributed by atoms with Crippen LogP contribution in [0.15, 0.2) is 35.1 Å². The molecule has 1 aliphatic heterocycles. The number of ether oxygens (including phenoxy) is 2. The van der Waals surface area contributed by atoms with Gasteiger partial charge in [0.2, 0.25) is 5.75 Å². The van der Waals surface area contributed by atoms with Gasteiger partial charge in [0.25, 0.3) is 5.56 Å². The van der Waals surface area contributed by atoms with Gasteiger partial charge in [-0.3, -0.25) is 14.5 Å². The monoisotopic (exact) mass is 343 g/mol. The highest BCUT2D eigenvalue weighted by Gasteiger charge is 2.26. The van der Waals surface area contributed by atoms with E-state index in [9.17, 15) is 9.59 Å². The van der Waals surface area contributed by atoms with E-state index < -0.39 is 5.56 Å². The summed E-state index contributed by atoms with van der Waals surface area (Å²) in [5.41, 5.74) is 0.500. The van der Waals surface area contributed by atoms with Gasteiger partial charge in [-0.1, -0.05) is 30.3 Å². The molecule has 7 heteroatoms. The van der Waals surface area contributed by atoms with Crippen molar-refractivity contribution in [3.05, 3.63) is 57.8 Å². The number of aromatic amines is 1. The number of nitrogens with zero attached hydrogens (tertiary/aromatic N) is 2. The van der Waals surface area contributed by atoms with Gasteiger partial charge in [0, 0.05) is 13.5 Å². The van der Waals surface area contributed by atoms with Crippen LogP contribution in [0.3, 0.4) is 0 Å². The van der Waals surface area contributed by atoms with E-state index in [1.165, 1.54) is 6.92 Å². The second-order valence-electron chi connectivity index (χ2n) is 6.03. The Balaban J connectivity index is 1.90. The van der Waals surface area contributed by atoms with Crippen LogP contribution in [0.2, 0.25) is 0 Å². The first-order valence-corrected chi connectivity index (χ1v) is 8.16. The summed E-state index contributed by atoms with van der Waals surface area (Å²) in [7, 11) is 1.93. The SMILES string of the molecule is CC(=O)c1nc(C2COCCN2C)[nH]c(=O)c1OCc1ccccc1. The summed E-state index contributed by atoms with van der Waals surface area (Å²) in [6.07, 6.45) is 0. The molecule has 0 radical (unpaired) electrons. The molecule has 0 aliphatic carbocycles. The number of aromatic nitrogens is 2. The molecule has 1 unspecified atom stereocenters. The first kappa shape index (κ1) is 17.3. The van der Waals surface area contributed by atoms with Gasteiger partial charge in [0.1, 0.15) is 12.4 Å². The third-order valence-corrected chi connectivity index (χ3v) is 4.17. The van der Waals surface area contributed by atoms with Crippen LogP contribution in [0.1, 0.15) is 34.8 Å². The lowest BCUT2D eigenvalue weighted by molar-refractivity contribution is 0.00159. The molecule has 2 heterocycles.